The van der Waals surface area contributed by atoms with Crippen LogP contribution in [-0.2, 0) is 22.8 Å². The number of alkyl halides is 2. The third-order valence-electron chi connectivity index (χ3n) is 6.82. The van der Waals surface area contributed by atoms with Crippen LogP contribution in [0.1, 0.15) is 36.9 Å². The van der Waals surface area contributed by atoms with Gasteiger partial charge in [-0.2, -0.15) is 13.8 Å². The van der Waals surface area contributed by atoms with E-state index in [1.54, 1.807) is 12.1 Å². The molecule has 0 radical (unpaired) electrons. The van der Waals surface area contributed by atoms with Gasteiger partial charge in [0.05, 0.1) is 35.2 Å². The zero-order valence-corrected chi connectivity index (χ0v) is 18.8. The van der Waals surface area contributed by atoms with Crippen molar-refractivity contribution in [2.24, 2.45) is 0 Å². The summed E-state index contributed by atoms with van der Waals surface area (Å²) in [7, 11) is -1.19. The van der Waals surface area contributed by atoms with Crippen molar-refractivity contribution in [2.45, 2.75) is 54.8 Å². The number of hydrogen-bond donors (Lipinski definition) is 3. The highest BCUT2D eigenvalue weighted by molar-refractivity contribution is 7.85. The van der Waals surface area contributed by atoms with Crippen molar-refractivity contribution in [2.75, 3.05) is 35.7 Å². The zero-order chi connectivity index (χ0) is 23.2. The molecule has 8 nitrogen and oxygen atoms in total. The average Bonchev–Trinajstić information content (AvgIpc) is 3.35. The normalized spacial score (nSPS) is 25.7. The minimum absolute atomic E-state index is 0.0253. The summed E-state index contributed by atoms with van der Waals surface area (Å²) in [5.41, 5.74) is -0.305. The third-order valence-corrected chi connectivity index (χ3v) is 8.28. The van der Waals surface area contributed by atoms with Gasteiger partial charge in [-0.25, -0.2) is 4.98 Å². The maximum atomic E-state index is 12.6. The van der Waals surface area contributed by atoms with Gasteiger partial charge in [0.2, 0.25) is 5.95 Å². The Kier molecular flexibility index (Phi) is 5.74. The fraction of sp³-hybridized carbons (Fsp3) is 0.545. The monoisotopic (exact) mass is 480 g/mol. The summed E-state index contributed by atoms with van der Waals surface area (Å²) in [6.07, 6.45) is 3.65. The molecule has 3 heterocycles. The van der Waals surface area contributed by atoms with E-state index in [4.69, 9.17) is 0 Å². The predicted octanol–water partition coefficient (Wildman–Crippen LogP) is 2.17. The first kappa shape index (κ1) is 22.4. The maximum absolute atomic E-state index is 12.6. The predicted molar refractivity (Wildman–Crippen MR) is 118 cm³/mol. The summed E-state index contributed by atoms with van der Waals surface area (Å²) in [5, 5.41) is 24.5. The number of nitrogens with zero attached hydrogens (tertiary/aromatic N) is 3. The zero-order valence-electron chi connectivity index (χ0n) is 18.0. The van der Waals surface area contributed by atoms with Gasteiger partial charge in [0.25, 0.3) is 0 Å². The molecule has 3 aliphatic rings. The van der Waals surface area contributed by atoms with E-state index in [0.717, 1.165) is 25.0 Å². The number of aryl methyl sites for hydroxylation is 1. The number of halogens is 2. The van der Waals surface area contributed by atoms with E-state index in [1.807, 2.05) is 4.90 Å². The topological polar surface area (TPSA) is 108 Å². The first-order valence-corrected chi connectivity index (χ1v) is 12.3. The minimum atomic E-state index is -2.90. The Labute approximate surface area is 192 Å². The largest absolute Gasteiger partial charge is 0.435 e. The standard InChI is InChI=1S/C22H26F2N4O4S/c23-19(24)32-15-4-2-14(3-5-15)22(30)9-10-28(12-22)20-25-16-6-11-33(31)17(16)18(26-20)27-21(13-29)7-1-8-21/h2-5,19,29-30H,1,6-13H2,(H,25,26,27). The molecule has 5 rings (SSSR count). The summed E-state index contributed by atoms with van der Waals surface area (Å²) in [6.45, 7) is -2.20. The number of anilines is 2. The number of aliphatic hydroxyl groups is 2. The minimum Gasteiger partial charge on any atom is -0.435 e. The van der Waals surface area contributed by atoms with Gasteiger partial charge in [0.15, 0.2) is 0 Å². The molecule has 3 N–H and O–H groups in total. The second-order valence-corrected chi connectivity index (χ2v) is 10.5. The molecule has 2 aliphatic heterocycles. The molecule has 1 saturated carbocycles. The third kappa shape index (κ3) is 4.17. The summed E-state index contributed by atoms with van der Waals surface area (Å²) in [6, 6.07) is 6.00. The Morgan fingerprint density at radius 3 is 2.61 bits per heavy atom. The van der Waals surface area contributed by atoms with Crippen molar-refractivity contribution < 1.29 is 27.9 Å². The molecule has 1 aliphatic carbocycles. The van der Waals surface area contributed by atoms with Crippen LogP contribution in [0.25, 0.3) is 0 Å². The molecule has 2 aromatic rings. The van der Waals surface area contributed by atoms with Crippen LogP contribution in [0.3, 0.4) is 0 Å². The highest BCUT2D eigenvalue weighted by atomic mass is 32.2. The van der Waals surface area contributed by atoms with Gasteiger partial charge in [-0.1, -0.05) is 12.1 Å². The average molecular weight is 481 g/mol. The second-order valence-electron chi connectivity index (χ2n) is 8.97. The molecule has 33 heavy (non-hydrogen) atoms. The lowest BCUT2D eigenvalue weighted by molar-refractivity contribution is -0.0498. The number of aromatic nitrogens is 2. The van der Waals surface area contributed by atoms with E-state index in [2.05, 4.69) is 20.0 Å². The van der Waals surface area contributed by atoms with Crippen molar-refractivity contribution in [3.8, 4) is 5.75 Å². The van der Waals surface area contributed by atoms with Crippen LogP contribution in [0.4, 0.5) is 20.5 Å². The lowest BCUT2D eigenvalue weighted by Gasteiger charge is -2.41. The van der Waals surface area contributed by atoms with Crippen molar-refractivity contribution in [1.82, 2.24) is 9.97 Å². The van der Waals surface area contributed by atoms with Gasteiger partial charge < -0.3 is 25.2 Å². The van der Waals surface area contributed by atoms with Gasteiger partial charge in [-0.15, -0.1) is 0 Å². The number of benzene rings is 1. The number of fused-ring (bicyclic) bond motifs is 1. The van der Waals surface area contributed by atoms with E-state index in [1.165, 1.54) is 12.1 Å². The molecule has 0 spiro atoms. The Bertz CT molecular complexity index is 1060. The van der Waals surface area contributed by atoms with Crippen LogP contribution in [0, 0.1) is 0 Å². The Morgan fingerprint density at radius 2 is 1.97 bits per heavy atom. The van der Waals surface area contributed by atoms with Crippen molar-refractivity contribution in [1.29, 1.82) is 0 Å². The maximum Gasteiger partial charge on any atom is 0.387 e. The van der Waals surface area contributed by atoms with Crippen molar-refractivity contribution in [3.63, 3.8) is 0 Å². The van der Waals surface area contributed by atoms with E-state index in [0.29, 0.717) is 47.4 Å². The van der Waals surface area contributed by atoms with E-state index >= 15 is 0 Å². The molecule has 1 aromatic heterocycles. The second kappa shape index (κ2) is 8.44. The lowest BCUT2D eigenvalue weighted by Crippen LogP contribution is -2.48. The van der Waals surface area contributed by atoms with Crippen LogP contribution in [0.2, 0.25) is 0 Å². The molecular weight excluding hydrogens is 454 g/mol. The number of hydrogen-bond acceptors (Lipinski definition) is 8. The Hall–Kier alpha value is -2.37. The number of β-amino-alcohol motifs (C(OH)–C–C–N with tert-alkyl or cyclic N) is 1. The van der Waals surface area contributed by atoms with Gasteiger partial charge in [0.1, 0.15) is 22.1 Å². The number of rotatable bonds is 7. The molecule has 11 heteroatoms. The van der Waals surface area contributed by atoms with Crippen LogP contribution < -0.4 is 15.0 Å². The van der Waals surface area contributed by atoms with Gasteiger partial charge in [-0.3, -0.25) is 4.21 Å². The molecule has 0 bridgehead atoms. The highest BCUT2D eigenvalue weighted by Crippen LogP contribution is 2.40. The fourth-order valence-electron chi connectivity index (χ4n) is 4.73. The van der Waals surface area contributed by atoms with Gasteiger partial charge >= 0.3 is 6.61 Å². The molecular formula is C22H26F2N4O4S. The van der Waals surface area contributed by atoms with Crippen molar-refractivity contribution >= 4 is 22.6 Å². The fourth-order valence-corrected chi connectivity index (χ4v) is 6.04. The van der Waals surface area contributed by atoms with Gasteiger partial charge in [0, 0.05) is 18.7 Å². The molecule has 0 amide bonds. The summed E-state index contributed by atoms with van der Waals surface area (Å²) >= 11 is 0. The van der Waals surface area contributed by atoms with Gasteiger partial charge in [-0.05, 0) is 43.4 Å². The smallest absolute Gasteiger partial charge is 0.387 e. The molecule has 2 unspecified atom stereocenters. The number of nitrogens with one attached hydrogen (secondary N) is 1. The quantitative estimate of drug-likeness (QED) is 0.554. The van der Waals surface area contributed by atoms with Crippen LogP contribution in [-0.4, -0.2) is 62.0 Å². The number of ether oxygens (including phenoxy) is 1. The van der Waals surface area contributed by atoms with Crippen LogP contribution in [0.15, 0.2) is 29.2 Å². The Morgan fingerprint density at radius 1 is 1.21 bits per heavy atom. The molecule has 1 aromatic carbocycles. The SMILES string of the molecule is O=S1CCc2nc(N3CCC(O)(c4ccc(OC(F)F)cc4)C3)nc(NC3(CO)CCC3)c21. The van der Waals surface area contributed by atoms with Crippen LogP contribution >= 0.6 is 0 Å². The summed E-state index contributed by atoms with van der Waals surface area (Å²) < 4.78 is 41.8. The van der Waals surface area contributed by atoms with E-state index < -0.39 is 28.6 Å². The molecule has 178 valence electrons. The highest BCUT2D eigenvalue weighted by Gasteiger charge is 2.41. The Balaban J connectivity index is 1.40. The summed E-state index contributed by atoms with van der Waals surface area (Å²) in [4.78, 5) is 11.8. The molecule has 2 atom stereocenters. The molecule has 2 fully saturated rings. The first-order chi connectivity index (χ1) is 15.8. The van der Waals surface area contributed by atoms with Crippen molar-refractivity contribution in [3.05, 3.63) is 35.5 Å². The lowest BCUT2D eigenvalue weighted by atomic mass is 9.77. The summed E-state index contributed by atoms with van der Waals surface area (Å²) in [5.74, 6) is 1.47. The van der Waals surface area contributed by atoms with Crippen LogP contribution in [0.5, 0.6) is 5.75 Å². The number of aliphatic hydroxyl groups excluding tert-OH is 1. The molecule has 1 saturated heterocycles. The van der Waals surface area contributed by atoms with E-state index in [-0.39, 0.29) is 18.9 Å². The first-order valence-electron chi connectivity index (χ1n) is 11.0. The van der Waals surface area contributed by atoms with E-state index in [9.17, 15) is 23.2 Å².